The molecule has 1 heterocycles. The quantitative estimate of drug-likeness (QED) is 0.864. The summed E-state index contributed by atoms with van der Waals surface area (Å²) in [5, 5.41) is 6.34. The normalized spacial score (nSPS) is 18.0. The van der Waals surface area contributed by atoms with Gasteiger partial charge in [-0.25, -0.2) is 0 Å². The molecule has 1 unspecified atom stereocenters. The number of methoxy groups -OCH3 is 1. The lowest BCUT2D eigenvalue weighted by Crippen LogP contribution is -2.38. The van der Waals surface area contributed by atoms with Gasteiger partial charge in [0.25, 0.3) is 5.91 Å². The highest BCUT2D eigenvalue weighted by molar-refractivity contribution is 9.10. The SMILES string of the molecule is COc1ccc(Br)c(C(=O)NCC2CCCNC2)c1.Cl. The van der Waals surface area contributed by atoms with Gasteiger partial charge in [0.05, 0.1) is 12.7 Å². The van der Waals surface area contributed by atoms with Gasteiger partial charge < -0.3 is 15.4 Å². The first-order valence-electron chi connectivity index (χ1n) is 6.53. The van der Waals surface area contributed by atoms with Crippen LogP contribution in [0.4, 0.5) is 0 Å². The zero-order valence-electron chi connectivity index (χ0n) is 11.4. The van der Waals surface area contributed by atoms with Gasteiger partial charge in [-0.15, -0.1) is 12.4 Å². The highest BCUT2D eigenvalue weighted by Gasteiger charge is 2.16. The molecule has 112 valence electrons. The molecule has 4 nitrogen and oxygen atoms in total. The smallest absolute Gasteiger partial charge is 0.252 e. The van der Waals surface area contributed by atoms with Gasteiger partial charge in [-0.05, 0) is 66.0 Å². The van der Waals surface area contributed by atoms with E-state index in [0.29, 0.717) is 17.2 Å². The van der Waals surface area contributed by atoms with Crippen LogP contribution in [-0.4, -0.2) is 32.7 Å². The molecule has 0 aliphatic carbocycles. The number of hydrogen-bond donors (Lipinski definition) is 2. The number of ether oxygens (including phenoxy) is 1. The first kappa shape index (κ1) is 17.3. The number of hydrogen-bond acceptors (Lipinski definition) is 3. The standard InChI is InChI=1S/C14H19BrN2O2.ClH/c1-19-11-4-5-13(15)12(7-11)14(18)17-9-10-3-2-6-16-8-10;/h4-5,7,10,16H,2-3,6,8-9H2,1H3,(H,17,18);1H. The summed E-state index contributed by atoms with van der Waals surface area (Å²) in [5.41, 5.74) is 0.614. The first-order chi connectivity index (χ1) is 9.20. The molecule has 1 aromatic rings. The zero-order chi connectivity index (χ0) is 13.7. The molecule has 0 aromatic heterocycles. The third kappa shape index (κ3) is 4.65. The summed E-state index contributed by atoms with van der Waals surface area (Å²) in [5.74, 6) is 1.16. The Labute approximate surface area is 134 Å². The zero-order valence-corrected chi connectivity index (χ0v) is 13.9. The molecular weight excluding hydrogens is 344 g/mol. The molecule has 2 N–H and O–H groups in total. The average Bonchev–Trinajstić information content (AvgIpc) is 2.46. The van der Waals surface area contributed by atoms with Crippen molar-refractivity contribution in [2.24, 2.45) is 5.92 Å². The van der Waals surface area contributed by atoms with Gasteiger partial charge in [-0.2, -0.15) is 0 Å². The maximum absolute atomic E-state index is 12.2. The Morgan fingerprint density at radius 2 is 2.35 bits per heavy atom. The molecule has 1 amide bonds. The molecule has 1 aliphatic heterocycles. The van der Waals surface area contributed by atoms with Crippen LogP contribution in [0.25, 0.3) is 0 Å². The highest BCUT2D eigenvalue weighted by atomic mass is 79.9. The van der Waals surface area contributed by atoms with E-state index in [-0.39, 0.29) is 18.3 Å². The van der Waals surface area contributed by atoms with Crippen LogP contribution in [0.1, 0.15) is 23.2 Å². The fraction of sp³-hybridized carbons (Fsp3) is 0.500. The van der Waals surface area contributed by atoms with Crippen molar-refractivity contribution in [1.82, 2.24) is 10.6 Å². The number of carbonyl (C=O) groups is 1. The largest absolute Gasteiger partial charge is 0.497 e. The Bertz CT molecular complexity index is 451. The molecule has 1 aliphatic rings. The summed E-state index contributed by atoms with van der Waals surface area (Å²) in [6, 6.07) is 5.40. The first-order valence-corrected chi connectivity index (χ1v) is 7.32. The molecule has 20 heavy (non-hydrogen) atoms. The van der Waals surface area contributed by atoms with Gasteiger partial charge in [-0.3, -0.25) is 4.79 Å². The lowest BCUT2D eigenvalue weighted by Gasteiger charge is -2.23. The molecule has 0 saturated carbocycles. The Morgan fingerprint density at radius 3 is 3.00 bits per heavy atom. The van der Waals surface area contributed by atoms with E-state index in [9.17, 15) is 4.79 Å². The summed E-state index contributed by atoms with van der Waals surface area (Å²) in [6.45, 7) is 2.79. The Hall–Kier alpha value is -0.780. The van der Waals surface area contributed by atoms with Gasteiger partial charge in [0.2, 0.25) is 0 Å². The van der Waals surface area contributed by atoms with Gasteiger partial charge in [0, 0.05) is 11.0 Å². The van der Waals surface area contributed by atoms with Crippen LogP contribution < -0.4 is 15.4 Å². The van der Waals surface area contributed by atoms with E-state index in [0.717, 1.165) is 24.1 Å². The number of amides is 1. The Balaban J connectivity index is 0.00000200. The molecule has 1 fully saturated rings. The predicted octanol–water partition coefficient (Wildman–Crippen LogP) is 2.61. The second kappa shape index (κ2) is 8.49. The molecule has 1 atom stereocenters. The van der Waals surface area contributed by atoms with E-state index in [4.69, 9.17) is 4.74 Å². The van der Waals surface area contributed by atoms with Crippen LogP contribution in [0.2, 0.25) is 0 Å². The molecule has 2 rings (SSSR count). The summed E-state index contributed by atoms with van der Waals surface area (Å²) >= 11 is 3.40. The van der Waals surface area contributed by atoms with Gasteiger partial charge in [-0.1, -0.05) is 0 Å². The average molecular weight is 364 g/mol. The van der Waals surface area contributed by atoms with Crippen molar-refractivity contribution in [3.63, 3.8) is 0 Å². The van der Waals surface area contributed by atoms with E-state index >= 15 is 0 Å². The van der Waals surface area contributed by atoms with Crippen LogP contribution in [0.3, 0.4) is 0 Å². The van der Waals surface area contributed by atoms with Crippen molar-refractivity contribution in [2.75, 3.05) is 26.7 Å². The molecular formula is C14H20BrClN2O2. The number of piperidine rings is 1. The topological polar surface area (TPSA) is 50.4 Å². The van der Waals surface area contributed by atoms with Crippen LogP contribution in [0.15, 0.2) is 22.7 Å². The third-order valence-electron chi connectivity index (χ3n) is 3.37. The fourth-order valence-electron chi connectivity index (χ4n) is 2.24. The minimum Gasteiger partial charge on any atom is -0.497 e. The van der Waals surface area contributed by atoms with Crippen molar-refractivity contribution in [3.05, 3.63) is 28.2 Å². The van der Waals surface area contributed by atoms with Crippen LogP contribution in [-0.2, 0) is 0 Å². The number of carbonyl (C=O) groups excluding carboxylic acids is 1. The van der Waals surface area contributed by atoms with Gasteiger partial charge in [0.1, 0.15) is 5.75 Å². The molecule has 1 saturated heterocycles. The number of benzene rings is 1. The van der Waals surface area contributed by atoms with Crippen LogP contribution in [0, 0.1) is 5.92 Å². The van der Waals surface area contributed by atoms with Crippen molar-refractivity contribution in [1.29, 1.82) is 0 Å². The minimum absolute atomic E-state index is 0. The summed E-state index contributed by atoms with van der Waals surface area (Å²) in [7, 11) is 1.60. The van der Waals surface area contributed by atoms with E-state index in [1.165, 1.54) is 12.8 Å². The number of halogens is 2. The molecule has 0 radical (unpaired) electrons. The monoisotopic (exact) mass is 362 g/mol. The summed E-state index contributed by atoms with van der Waals surface area (Å²) < 4.78 is 5.93. The van der Waals surface area contributed by atoms with Crippen molar-refractivity contribution in [2.45, 2.75) is 12.8 Å². The molecule has 1 aromatic carbocycles. The minimum atomic E-state index is -0.0589. The maximum atomic E-state index is 12.2. The number of rotatable bonds is 4. The van der Waals surface area contributed by atoms with Crippen LogP contribution >= 0.6 is 28.3 Å². The van der Waals surface area contributed by atoms with E-state index in [1.807, 2.05) is 12.1 Å². The second-order valence-electron chi connectivity index (χ2n) is 4.77. The lowest BCUT2D eigenvalue weighted by molar-refractivity contribution is 0.0943. The number of nitrogens with one attached hydrogen (secondary N) is 2. The highest BCUT2D eigenvalue weighted by Crippen LogP contribution is 2.22. The van der Waals surface area contributed by atoms with Crippen molar-refractivity contribution in [3.8, 4) is 5.75 Å². The predicted molar refractivity (Wildman–Crippen MR) is 85.9 cm³/mol. The molecule has 0 bridgehead atoms. The summed E-state index contributed by atoms with van der Waals surface area (Å²) in [4.78, 5) is 12.2. The third-order valence-corrected chi connectivity index (χ3v) is 4.06. The maximum Gasteiger partial charge on any atom is 0.252 e. The van der Waals surface area contributed by atoms with Crippen LogP contribution in [0.5, 0.6) is 5.75 Å². The van der Waals surface area contributed by atoms with Crippen molar-refractivity contribution < 1.29 is 9.53 Å². The second-order valence-corrected chi connectivity index (χ2v) is 5.62. The molecule has 0 spiro atoms. The van der Waals surface area contributed by atoms with Gasteiger partial charge >= 0.3 is 0 Å². The van der Waals surface area contributed by atoms with E-state index < -0.39 is 0 Å². The molecule has 6 heteroatoms. The van der Waals surface area contributed by atoms with E-state index in [2.05, 4.69) is 26.6 Å². The van der Waals surface area contributed by atoms with Crippen molar-refractivity contribution >= 4 is 34.2 Å². The Kier molecular flexibility index (Phi) is 7.34. The lowest BCUT2D eigenvalue weighted by atomic mass is 9.99. The fourth-order valence-corrected chi connectivity index (χ4v) is 2.66. The van der Waals surface area contributed by atoms with Gasteiger partial charge in [0.15, 0.2) is 0 Å². The Morgan fingerprint density at radius 1 is 1.55 bits per heavy atom. The van der Waals surface area contributed by atoms with E-state index in [1.54, 1.807) is 13.2 Å². The summed E-state index contributed by atoms with van der Waals surface area (Å²) in [6.07, 6.45) is 2.36.